The van der Waals surface area contributed by atoms with Gasteiger partial charge in [-0.25, -0.2) is 0 Å². The van der Waals surface area contributed by atoms with Gasteiger partial charge < -0.3 is 14.9 Å². The van der Waals surface area contributed by atoms with Crippen LogP contribution in [0.25, 0.3) is 0 Å². The van der Waals surface area contributed by atoms with Gasteiger partial charge in [0.15, 0.2) is 0 Å². The van der Waals surface area contributed by atoms with E-state index in [-0.39, 0.29) is 18.5 Å². The standard InChI is InChI=1S/C10H14O4/c1-7-3-2-4-9(7)10(13)14-6-8(12)5-11/h2-4,8-9,11-12H,5-6H2,1H3. The molecule has 0 saturated carbocycles. The van der Waals surface area contributed by atoms with Crippen LogP contribution in [-0.4, -0.2) is 35.5 Å². The molecule has 0 bridgehead atoms. The number of aliphatic hydroxyl groups excluding tert-OH is 2. The quantitative estimate of drug-likeness (QED) is 0.625. The first kappa shape index (κ1) is 10.9. The van der Waals surface area contributed by atoms with Crippen LogP contribution in [0.1, 0.15) is 6.92 Å². The summed E-state index contributed by atoms with van der Waals surface area (Å²) in [7, 11) is 0. The maximum absolute atomic E-state index is 11.4. The number of aliphatic hydroxyl groups is 2. The third-order valence-electron chi connectivity index (χ3n) is 2.04. The van der Waals surface area contributed by atoms with Crippen molar-refractivity contribution in [2.75, 3.05) is 13.2 Å². The highest BCUT2D eigenvalue weighted by atomic mass is 16.5. The van der Waals surface area contributed by atoms with Crippen molar-refractivity contribution in [3.63, 3.8) is 0 Å². The summed E-state index contributed by atoms with van der Waals surface area (Å²) in [5.74, 6) is -0.721. The lowest BCUT2D eigenvalue weighted by Crippen LogP contribution is -2.25. The van der Waals surface area contributed by atoms with Gasteiger partial charge in [0.1, 0.15) is 12.7 Å². The molecular weight excluding hydrogens is 184 g/mol. The molecule has 2 unspecified atom stereocenters. The van der Waals surface area contributed by atoms with E-state index in [1.165, 1.54) is 0 Å². The molecule has 0 aromatic rings. The van der Waals surface area contributed by atoms with Crippen molar-refractivity contribution in [3.05, 3.63) is 23.8 Å². The zero-order valence-electron chi connectivity index (χ0n) is 8.01. The van der Waals surface area contributed by atoms with E-state index >= 15 is 0 Å². The molecule has 78 valence electrons. The number of carbonyl (C=O) groups is 1. The summed E-state index contributed by atoms with van der Waals surface area (Å²) in [4.78, 5) is 11.4. The molecule has 0 radical (unpaired) electrons. The molecule has 4 heteroatoms. The fraction of sp³-hybridized carbons (Fsp3) is 0.500. The smallest absolute Gasteiger partial charge is 0.317 e. The topological polar surface area (TPSA) is 66.8 Å². The van der Waals surface area contributed by atoms with Gasteiger partial charge in [0.2, 0.25) is 0 Å². The second-order valence-electron chi connectivity index (χ2n) is 3.24. The molecule has 0 aliphatic heterocycles. The van der Waals surface area contributed by atoms with E-state index in [9.17, 15) is 4.79 Å². The maximum atomic E-state index is 11.4. The molecule has 2 atom stereocenters. The average molecular weight is 198 g/mol. The van der Waals surface area contributed by atoms with Gasteiger partial charge in [-0.2, -0.15) is 0 Å². The van der Waals surface area contributed by atoms with Gasteiger partial charge in [0.05, 0.1) is 12.5 Å². The Morgan fingerprint density at radius 1 is 1.71 bits per heavy atom. The largest absolute Gasteiger partial charge is 0.462 e. The Morgan fingerprint density at radius 2 is 2.43 bits per heavy atom. The highest BCUT2D eigenvalue weighted by Gasteiger charge is 2.21. The summed E-state index contributed by atoms with van der Waals surface area (Å²) >= 11 is 0. The molecule has 1 aliphatic carbocycles. The Labute approximate surface area is 82.5 Å². The Balaban J connectivity index is 2.36. The minimum absolute atomic E-state index is 0.160. The fourth-order valence-corrected chi connectivity index (χ4v) is 1.16. The molecule has 0 amide bonds. The monoisotopic (exact) mass is 198 g/mol. The lowest BCUT2D eigenvalue weighted by molar-refractivity contribution is -0.149. The lowest BCUT2D eigenvalue weighted by Gasteiger charge is -2.12. The third kappa shape index (κ3) is 2.68. The van der Waals surface area contributed by atoms with E-state index in [4.69, 9.17) is 14.9 Å². The van der Waals surface area contributed by atoms with Crippen LogP contribution in [0, 0.1) is 5.92 Å². The van der Waals surface area contributed by atoms with Crippen LogP contribution >= 0.6 is 0 Å². The highest BCUT2D eigenvalue weighted by molar-refractivity contribution is 5.79. The third-order valence-corrected chi connectivity index (χ3v) is 2.04. The molecule has 0 aromatic heterocycles. The molecular formula is C10H14O4. The molecule has 0 saturated heterocycles. The van der Waals surface area contributed by atoms with Gasteiger partial charge in [-0.1, -0.05) is 23.8 Å². The average Bonchev–Trinajstić information content (AvgIpc) is 2.60. The van der Waals surface area contributed by atoms with Crippen LogP contribution in [-0.2, 0) is 9.53 Å². The molecule has 0 spiro atoms. The zero-order chi connectivity index (χ0) is 10.6. The molecule has 0 fully saturated rings. The lowest BCUT2D eigenvalue weighted by atomic mass is 10.1. The fourth-order valence-electron chi connectivity index (χ4n) is 1.16. The SMILES string of the molecule is CC1=CC=CC1C(=O)OCC(O)CO. The van der Waals surface area contributed by atoms with E-state index in [1.807, 2.05) is 13.0 Å². The first-order valence-corrected chi connectivity index (χ1v) is 4.45. The minimum atomic E-state index is -0.992. The van der Waals surface area contributed by atoms with Gasteiger partial charge in [-0.05, 0) is 6.92 Å². The van der Waals surface area contributed by atoms with E-state index in [0.717, 1.165) is 5.57 Å². The van der Waals surface area contributed by atoms with E-state index in [1.54, 1.807) is 12.2 Å². The Kier molecular flexibility index (Phi) is 3.85. The number of esters is 1. The summed E-state index contributed by atoms with van der Waals surface area (Å²) in [6.07, 6.45) is 4.38. The number of ether oxygens (including phenoxy) is 1. The Hall–Kier alpha value is -1.13. The van der Waals surface area contributed by atoms with Crippen molar-refractivity contribution in [2.45, 2.75) is 13.0 Å². The predicted octanol–water partition coefficient (Wildman–Crippen LogP) is 0.0151. The van der Waals surface area contributed by atoms with Crippen LogP contribution in [0.2, 0.25) is 0 Å². The van der Waals surface area contributed by atoms with Gasteiger partial charge >= 0.3 is 5.97 Å². The number of hydrogen-bond acceptors (Lipinski definition) is 4. The summed E-state index contributed by atoms with van der Waals surface area (Å²) < 4.78 is 4.81. The first-order valence-electron chi connectivity index (χ1n) is 4.45. The first-order chi connectivity index (χ1) is 6.65. The molecule has 0 heterocycles. The van der Waals surface area contributed by atoms with Crippen LogP contribution in [0.5, 0.6) is 0 Å². The van der Waals surface area contributed by atoms with Crippen LogP contribution in [0.15, 0.2) is 23.8 Å². The number of allylic oxidation sites excluding steroid dienone is 2. The van der Waals surface area contributed by atoms with E-state index < -0.39 is 12.7 Å². The summed E-state index contributed by atoms with van der Waals surface area (Å²) in [5.41, 5.74) is 0.925. The normalized spacial score (nSPS) is 21.9. The van der Waals surface area contributed by atoms with Gasteiger partial charge in [-0.3, -0.25) is 4.79 Å². The van der Waals surface area contributed by atoms with Gasteiger partial charge in [-0.15, -0.1) is 0 Å². The molecule has 14 heavy (non-hydrogen) atoms. The molecule has 0 aromatic carbocycles. The second kappa shape index (κ2) is 4.93. The molecule has 2 N–H and O–H groups in total. The van der Waals surface area contributed by atoms with Crippen molar-refractivity contribution in [2.24, 2.45) is 5.92 Å². The number of rotatable bonds is 4. The van der Waals surface area contributed by atoms with Crippen molar-refractivity contribution in [3.8, 4) is 0 Å². The van der Waals surface area contributed by atoms with Crippen LogP contribution in [0.4, 0.5) is 0 Å². The maximum Gasteiger partial charge on any atom is 0.317 e. The van der Waals surface area contributed by atoms with E-state index in [2.05, 4.69) is 0 Å². The van der Waals surface area contributed by atoms with Crippen molar-refractivity contribution >= 4 is 5.97 Å². The highest BCUT2D eigenvalue weighted by Crippen LogP contribution is 2.19. The van der Waals surface area contributed by atoms with Gasteiger partial charge in [0, 0.05) is 0 Å². The molecule has 4 nitrogen and oxygen atoms in total. The number of hydrogen-bond donors (Lipinski definition) is 2. The van der Waals surface area contributed by atoms with Crippen LogP contribution in [0.3, 0.4) is 0 Å². The second-order valence-corrected chi connectivity index (χ2v) is 3.24. The van der Waals surface area contributed by atoms with Crippen molar-refractivity contribution < 1.29 is 19.7 Å². The van der Waals surface area contributed by atoms with Crippen molar-refractivity contribution in [1.29, 1.82) is 0 Å². The Morgan fingerprint density at radius 3 is 2.93 bits per heavy atom. The summed E-state index contributed by atoms with van der Waals surface area (Å²) in [6, 6.07) is 0. The van der Waals surface area contributed by atoms with Gasteiger partial charge in [0.25, 0.3) is 0 Å². The summed E-state index contributed by atoms with van der Waals surface area (Å²) in [5, 5.41) is 17.5. The minimum Gasteiger partial charge on any atom is -0.462 e. The van der Waals surface area contributed by atoms with E-state index in [0.29, 0.717) is 0 Å². The zero-order valence-corrected chi connectivity index (χ0v) is 8.01. The molecule has 1 rings (SSSR count). The number of carbonyl (C=O) groups excluding carboxylic acids is 1. The predicted molar refractivity (Wildman–Crippen MR) is 50.4 cm³/mol. The Bertz CT molecular complexity index is 267. The van der Waals surface area contributed by atoms with Crippen molar-refractivity contribution in [1.82, 2.24) is 0 Å². The van der Waals surface area contributed by atoms with Crippen LogP contribution < -0.4 is 0 Å². The molecule has 1 aliphatic rings. The summed E-state index contributed by atoms with van der Waals surface area (Å²) in [6.45, 7) is 1.28.